The second-order valence-electron chi connectivity index (χ2n) is 8.92. The molecule has 3 amide bonds. The molecule has 0 atom stereocenters. The van der Waals surface area contributed by atoms with Crippen LogP contribution in [0.2, 0.25) is 0 Å². The average molecular weight is 480 g/mol. The van der Waals surface area contributed by atoms with Crippen molar-refractivity contribution in [3.63, 3.8) is 0 Å². The van der Waals surface area contributed by atoms with Gasteiger partial charge >= 0.3 is 6.03 Å². The van der Waals surface area contributed by atoms with Gasteiger partial charge in [-0.05, 0) is 36.1 Å². The van der Waals surface area contributed by atoms with Crippen LogP contribution in [0.25, 0.3) is 6.08 Å². The van der Waals surface area contributed by atoms with Gasteiger partial charge in [0.2, 0.25) is 0 Å². The minimum absolute atomic E-state index is 0.149. The molecule has 1 N–H and O–H groups in total. The number of benzene rings is 2. The molecule has 2 aromatic carbocycles. The summed E-state index contributed by atoms with van der Waals surface area (Å²) < 4.78 is 10.8. The van der Waals surface area contributed by atoms with Crippen LogP contribution in [0.4, 0.5) is 4.79 Å². The summed E-state index contributed by atoms with van der Waals surface area (Å²) in [6.45, 7) is 2.19. The number of likely N-dealkylation sites (tertiary alicyclic amines) is 1. The number of carbonyl (C=O) groups is 2. The molecule has 2 heterocycles. The van der Waals surface area contributed by atoms with Crippen molar-refractivity contribution in [3.05, 3.63) is 65.7 Å². The standard InChI is InChI=1S/C27H33N3O5/c1-34-23-17-22(18-24(19-23)35-2)20-28-13-10-27(11-14-28)25(32)29(26(33)30(27)15-16-31)12-6-9-21-7-4-3-5-8-21/h3-9,17-19,31H,10-16,20H2,1-2H3. The molecule has 4 rings (SSSR count). The van der Waals surface area contributed by atoms with Crippen LogP contribution < -0.4 is 9.47 Å². The van der Waals surface area contributed by atoms with Crippen LogP contribution in [0.5, 0.6) is 11.5 Å². The van der Waals surface area contributed by atoms with Crippen LogP contribution in [0.3, 0.4) is 0 Å². The van der Waals surface area contributed by atoms with Crippen LogP contribution in [-0.2, 0) is 11.3 Å². The van der Waals surface area contributed by atoms with Gasteiger partial charge in [-0.15, -0.1) is 0 Å². The highest BCUT2D eigenvalue weighted by molar-refractivity contribution is 6.07. The van der Waals surface area contributed by atoms with E-state index >= 15 is 0 Å². The molecule has 0 aliphatic carbocycles. The summed E-state index contributed by atoms with van der Waals surface area (Å²) in [6.07, 6.45) is 4.80. The molecular formula is C27H33N3O5. The van der Waals surface area contributed by atoms with E-state index in [-0.39, 0.29) is 31.6 Å². The maximum Gasteiger partial charge on any atom is 0.328 e. The Kier molecular flexibility index (Phi) is 7.73. The highest BCUT2D eigenvalue weighted by atomic mass is 16.5. The van der Waals surface area contributed by atoms with Crippen molar-refractivity contribution in [2.75, 3.05) is 47.0 Å². The number of ether oxygens (including phenoxy) is 2. The Labute approximate surface area is 206 Å². The topological polar surface area (TPSA) is 82.6 Å². The third-order valence-corrected chi connectivity index (χ3v) is 6.84. The number of hydrogen-bond donors (Lipinski definition) is 1. The summed E-state index contributed by atoms with van der Waals surface area (Å²) in [5.41, 5.74) is 1.17. The van der Waals surface area contributed by atoms with Crippen LogP contribution in [0.15, 0.2) is 54.6 Å². The highest BCUT2D eigenvalue weighted by Gasteiger charge is 2.57. The molecule has 8 nitrogen and oxygen atoms in total. The SMILES string of the molecule is COc1cc(CN2CCC3(CC2)C(=O)N(CC=Cc2ccccc2)C(=O)N3CCO)cc(OC)c1. The second kappa shape index (κ2) is 10.9. The molecule has 186 valence electrons. The van der Waals surface area contributed by atoms with Gasteiger partial charge in [-0.1, -0.05) is 42.5 Å². The third kappa shape index (κ3) is 5.18. The lowest BCUT2D eigenvalue weighted by Crippen LogP contribution is -2.57. The van der Waals surface area contributed by atoms with Gasteiger partial charge in [-0.25, -0.2) is 4.79 Å². The molecule has 8 heteroatoms. The summed E-state index contributed by atoms with van der Waals surface area (Å²) in [5.74, 6) is 1.30. The fourth-order valence-electron chi connectivity index (χ4n) is 4.99. The van der Waals surface area contributed by atoms with Gasteiger partial charge in [0, 0.05) is 38.8 Å². The smallest absolute Gasteiger partial charge is 0.328 e. The number of piperidine rings is 1. The number of hydrogen-bond acceptors (Lipinski definition) is 6. The lowest BCUT2D eigenvalue weighted by molar-refractivity contribution is -0.135. The van der Waals surface area contributed by atoms with Crippen molar-refractivity contribution in [3.8, 4) is 11.5 Å². The van der Waals surface area contributed by atoms with Crippen molar-refractivity contribution < 1.29 is 24.2 Å². The number of aliphatic hydroxyl groups is 1. The van der Waals surface area contributed by atoms with E-state index in [0.717, 1.165) is 22.6 Å². The third-order valence-electron chi connectivity index (χ3n) is 6.84. The number of amides is 3. The van der Waals surface area contributed by atoms with Crippen molar-refractivity contribution in [2.24, 2.45) is 0 Å². The number of aliphatic hydroxyl groups excluding tert-OH is 1. The molecule has 2 aliphatic rings. The summed E-state index contributed by atoms with van der Waals surface area (Å²) in [5, 5.41) is 9.63. The zero-order chi connectivity index (χ0) is 24.8. The minimum atomic E-state index is -0.900. The van der Waals surface area contributed by atoms with E-state index in [1.807, 2.05) is 60.7 Å². The number of imide groups is 1. The number of carbonyl (C=O) groups excluding carboxylic acids is 2. The van der Waals surface area contributed by atoms with E-state index in [9.17, 15) is 14.7 Å². The number of β-amino-alcohol motifs (C(OH)–C–C–N with tert-alkyl or cyclic N) is 1. The quantitative estimate of drug-likeness (QED) is 0.557. The molecule has 2 fully saturated rings. The Morgan fingerprint density at radius 2 is 1.66 bits per heavy atom. The largest absolute Gasteiger partial charge is 0.497 e. The molecule has 2 aromatic rings. The van der Waals surface area contributed by atoms with E-state index < -0.39 is 5.54 Å². The first kappa shape index (κ1) is 24.8. The molecule has 35 heavy (non-hydrogen) atoms. The Morgan fingerprint density at radius 1 is 1.00 bits per heavy atom. The molecule has 0 unspecified atom stereocenters. The Hall–Kier alpha value is -3.36. The first-order valence-electron chi connectivity index (χ1n) is 11.9. The Morgan fingerprint density at radius 3 is 2.26 bits per heavy atom. The second-order valence-corrected chi connectivity index (χ2v) is 8.92. The van der Waals surface area contributed by atoms with Crippen molar-refractivity contribution in [1.82, 2.24) is 14.7 Å². The van der Waals surface area contributed by atoms with Crippen LogP contribution >= 0.6 is 0 Å². The van der Waals surface area contributed by atoms with Crippen LogP contribution in [-0.4, -0.2) is 84.3 Å². The molecule has 0 radical (unpaired) electrons. The lowest BCUT2D eigenvalue weighted by Gasteiger charge is -2.42. The van der Waals surface area contributed by atoms with Gasteiger partial charge in [0.1, 0.15) is 17.0 Å². The van der Waals surface area contributed by atoms with Gasteiger partial charge in [0.05, 0.1) is 20.8 Å². The predicted molar refractivity (Wildman–Crippen MR) is 133 cm³/mol. The summed E-state index contributed by atoms with van der Waals surface area (Å²) in [7, 11) is 3.25. The van der Waals surface area contributed by atoms with Crippen LogP contribution in [0, 0.1) is 0 Å². The fourth-order valence-corrected chi connectivity index (χ4v) is 4.99. The predicted octanol–water partition coefficient (Wildman–Crippen LogP) is 3.01. The van der Waals surface area contributed by atoms with E-state index in [0.29, 0.717) is 32.5 Å². The van der Waals surface area contributed by atoms with Crippen molar-refractivity contribution >= 4 is 18.0 Å². The van der Waals surface area contributed by atoms with Gasteiger partial charge in [-0.2, -0.15) is 0 Å². The zero-order valence-electron chi connectivity index (χ0n) is 20.4. The van der Waals surface area contributed by atoms with Gasteiger partial charge in [0.15, 0.2) is 0 Å². The maximum atomic E-state index is 13.5. The first-order chi connectivity index (χ1) is 17.0. The fraction of sp³-hybridized carbons (Fsp3) is 0.407. The summed E-state index contributed by atoms with van der Waals surface area (Å²) in [6, 6.07) is 15.2. The average Bonchev–Trinajstić information content (AvgIpc) is 3.07. The highest BCUT2D eigenvalue weighted by Crippen LogP contribution is 2.37. The maximum absolute atomic E-state index is 13.5. The molecule has 2 aliphatic heterocycles. The van der Waals surface area contributed by atoms with Crippen molar-refractivity contribution in [1.29, 1.82) is 0 Å². The van der Waals surface area contributed by atoms with E-state index in [1.165, 1.54) is 4.90 Å². The number of nitrogens with zero attached hydrogens (tertiary/aromatic N) is 3. The normalized spacial score (nSPS) is 18.1. The number of rotatable bonds is 9. The zero-order valence-corrected chi connectivity index (χ0v) is 20.4. The molecule has 0 aromatic heterocycles. The first-order valence-corrected chi connectivity index (χ1v) is 11.9. The minimum Gasteiger partial charge on any atom is -0.497 e. The molecule has 0 saturated carbocycles. The van der Waals surface area contributed by atoms with E-state index in [1.54, 1.807) is 19.1 Å². The number of urea groups is 1. The molecule has 1 spiro atoms. The molecular weight excluding hydrogens is 446 g/mol. The van der Waals surface area contributed by atoms with E-state index in [4.69, 9.17) is 9.47 Å². The van der Waals surface area contributed by atoms with Crippen LogP contribution in [0.1, 0.15) is 24.0 Å². The Balaban J connectivity index is 1.45. The molecule has 2 saturated heterocycles. The number of methoxy groups -OCH3 is 2. The summed E-state index contributed by atoms with van der Waals surface area (Å²) >= 11 is 0. The summed E-state index contributed by atoms with van der Waals surface area (Å²) in [4.78, 5) is 31.9. The monoisotopic (exact) mass is 479 g/mol. The Bertz CT molecular complexity index is 1040. The van der Waals surface area contributed by atoms with Gasteiger partial charge in [-0.3, -0.25) is 14.6 Å². The molecule has 0 bridgehead atoms. The van der Waals surface area contributed by atoms with Crippen molar-refractivity contribution in [2.45, 2.75) is 24.9 Å². The van der Waals surface area contributed by atoms with Gasteiger partial charge < -0.3 is 19.5 Å². The lowest BCUT2D eigenvalue weighted by atomic mass is 9.85. The van der Waals surface area contributed by atoms with E-state index in [2.05, 4.69) is 4.90 Å². The van der Waals surface area contributed by atoms with Gasteiger partial charge in [0.25, 0.3) is 5.91 Å².